The number of carbonyl (C=O) groups is 1. The molecule has 0 aromatic carbocycles. The molecule has 2 aliphatic heterocycles. The van der Waals surface area contributed by atoms with E-state index in [1.54, 1.807) is 12.4 Å². The normalized spacial score (nSPS) is 19.9. The number of carbonyl (C=O) groups excluding carboxylic acids is 1. The fourth-order valence-corrected chi connectivity index (χ4v) is 5.64. The Morgan fingerprint density at radius 1 is 1.18 bits per heavy atom. The van der Waals surface area contributed by atoms with Gasteiger partial charge in [0.15, 0.2) is 11.6 Å². The standard InChI is InChI=1S/C22H27N7O4S/c23-21-24-10-14(11-25-21)19-26-16-9-17(22(32)1-3-28(4-2-22)12-15(31)13-30)34-18(16)20(27-19)29-5-7-33-8-6-29/h9-11,13,15,31-32H,1-8,12H2,(H2,23,24,25)/t15-/m0/s1. The number of ether oxygens (including phenoxy) is 1. The molecular formula is C22H27N7O4S. The molecule has 0 bridgehead atoms. The first-order valence-corrected chi connectivity index (χ1v) is 12.1. The van der Waals surface area contributed by atoms with Gasteiger partial charge in [-0.05, 0) is 18.9 Å². The number of aromatic nitrogens is 4. The van der Waals surface area contributed by atoms with Gasteiger partial charge in [-0.1, -0.05) is 0 Å². The highest BCUT2D eigenvalue weighted by Gasteiger charge is 2.36. The number of hydrogen-bond donors (Lipinski definition) is 3. The molecule has 1 atom stereocenters. The number of anilines is 2. The number of aliphatic hydroxyl groups excluding tert-OH is 1. The fourth-order valence-electron chi connectivity index (χ4n) is 4.38. The van der Waals surface area contributed by atoms with Crippen molar-refractivity contribution in [3.63, 3.8) is 0 Å². The number of fused-ring (bicyclic) bond motifs is 1. The second kappa shape index (κ2) is 9.47. The highest BCUT2D eigenvalue weighted by molar-refractivity contribution is 7.19. The van der Waals surface area contributed by atoms with Crippen LogP contribution in [0.4, 0.5) is 11.8 Å². The third kappa shape index (κ3) is 4.59. The van der Waals surface area contributed by atoms with E-state index in [1.807, 2.05) is 11.0 Å². The summed E-state index contributed by atoms with van der Waals surface area (Å²) in [7, 11) is 0. The largest absolute Gasteiger partial charge is 0.384 e. The highest BCUT2D eigenvalue weighted by atomic mass is 32.1. The highest BCUT2D eigenvalue weighted by Crippen LogP contribution is 2.42. The first-order valence-electron chi connectivity index (χ1n) is 11.3. The number of hydrogen-bond acceptors (Lipinski definition) is 12. The summed E-state index contributed by atoms with van der Waals surface area (Å²) in [5, 5.41) is 21.1. The molecule has 5 rings (SSSR count). The Morgan fingerprint density at radius 2 is 1.88 bits per heavy atom. The zero-order chi connectivity index (χ0) is 23.7. The molecule has 3 aromatic heterocycles. The maximum Gasteiger partial charge on any atom is 0.219 e. The van der Waals surface area contributed by atoms with E-state index in [1.165, 1.54) is 11.3 Å². The van der Waals surface area contributed by atoms with Gasteiger partial charge in [-0.3, -0.25) is 0 Å². The number of morpholine rings is 1. The SMILES string of the molecule is Nc1ncc(-c2nc(N3CCOCC3)c3sc(C4(O)CCN(C[C@H](O)C=O)CC4)cc3n2)cn1. The minimum atomic E-state index is -1.00. The van der Waals surface area contributed by atoms with Crippen LogP contribution in [0.1, 0.15) is 17.7 Å². The Kier molecular flexibility index (Phi) is 6.40. The number of nitrogens with two attached hydrogens (primary N) is 1. The van der Waals surface area contributed by atoms with Gasteiger partial charge < -0.3 is 35.3 Å². The molecular weight excluding hydrogens is 458 g/mol. The lowest BCUT2D eigenvalue weighted by molar-refractivity contribution is -0.116. The minimum absolute atomic E-state index is 0.185. The third-order valence-corrected chi connectivity index (χ3v) is 7.65. The fraction of sp³-hybridized carbons (Fsp3) is 0.500. The average molecular weight is 486 g/mol. The van der Waals surface area contributed by atoms with Crippen LogP contribution in [-0.4, -0.2) is 93.4 Å². The summed E-state index contributed by atoms with van der Waals surface area (Å²) in [5.41, 5.74) is 6.07. The predicted octanol–water partition coefficient (Wildman–Crippen LogP) is 0.410. The molecule has 180 valence electrons. The maximum absolute atomic E-state index is 11.5. The Labute approximate surface area is 200 Å². The zero-order valence-corrected chi connectivity index (χ0v) is 19.4. The van der Waals surface area contributed by atoms with E-state index in [2.05, 4.69) is 14.9 Å². The molecule has 0 amide bonds. The number of nitrogen functional groups attached to an aromatic ring is 1. The molecule has 3 aromatic rings. The van der Waals surface area contributed by atoms with Crippen LogP contribution in [0.2, 0.25) is 0 Å². The van der Waals surface area contributed by atoms with Crippen LogP contribution >= 0.6 is 11.3 Å². The summed E-state index contributed by atoms with van der Waals surface area (Å²) in [4.78, 5) is 33.6. The molecule has 2 saturated heterocycles. The van der Waals surface area contributed by atoms with Crippen LogP contribution in [0, 0.1) is 0 Å². The van der Waals surface area contributed by atoms with Crippen molar-refractivity contribution >= 4 is 39.6 Å². The molecule has 11 nitrogen and oxygen atoms in total. The van der Waals surface area contributed by atoms with Crippen molar-refractivity contribution < 1.29 is 19.7 Å². The molecule has 0 spiro atoms. The summed E-state index contributed by atoms with van der Waals surface area (Å²) in [6.45, 7) is 4.14. The Hall–Kier alpha value is -2.77. The first kappa shape index (κ1) is 23.0. The molecule has 34 heavy (non-hydrogen) atoms. The van der Waals surface area contributed by atoms with Crippen molar-refractivity contribution in [1.29, 1.82) is 0 Å². The van der Waals surface area contributed by atoms with Crippen LogP contribution in [-0.2, 0) is 15.1 Å². The molecule has 2 aliphatic rings. The predicted molar refractivity (Wildman–Crippen MR) is 128 cm³/mol. The second-order valence-corrected chi connectivity index (χ2v) is 9.71. The average Bonchev–Trinajstić information content (AvgIpc) is 3.31. The van der Waals surface area contributed by atoms with Gasteiger partial charge in [0, 0.05) is 50.0 Å². The number of likely N-dealkylation sites (tertiary alicyclic amines) is 1. The summed E-state index contributed by atoms with van der Waals surface area (Å²) in [6, 6.07) is 1.95. The smallest absolute Gasteiger partial charge is 0.219 e. The number of nitrogens with zero attached hydrogens (tertiary/aromatic N) is 6. The quantitative estimate of drug-likeness (QED) is 0.416. The van der Waals surface area contributed by atoms with E-state index >= 15 is 0 Å². The molecule has 4 N–H and O–H groups in total. The van der Waals surface area contributed by atoms with Crippen molar-refractivity contribution in [2.45, 2.75) is 24.5 Å². The van der Waals surface area contributed by atoms with Crippen molar-refractivity contribution in [2.75, 3.05) is 56.6 Å². The first-order chi connectivity index (χ1) is 16.4. The number of piperidine rings is 1. The van der Waals surface area contributed by atoms with Crippen molar-refractivity contribution in [3.05, 3.63) is 23.3 Å². The third-order valence-electron chi connectivity index (χ3n) is 6.34. The summed E-state index contributed by atoms with van der Waals surface area (Å²) < 4.78 is 6.44. The van der Waals surface area contributed by atoms with E-state index in [0.29, 0.717) is 56.8 Å². The lowest BCUT2D eigenvalue weighted by atomic mass is 9.89. The number of aldehydes is 1. The topological polar surface area (TPSA) is 151 Å². The van der Waals surface area contributed by atoms with Gasteiger partial charge in [0.2, 0.25) is 5.95 Å². The monoisotopic (exact) mass is 485 g/mol. The second-order valence-electron chi connectivity index (χ2n) is 8.66. The van der Waals surface area contributed by atoms with Crippen LogP contribution in [0.5, 0.6) is 0 Å². The molecule has 5 heterocycles. The number of β-amino-alcohol motifs (C(OH)–C–C–N with tert-alkyl or cyclic N) is 1. The van der Waals surface area contributed by atoms with E-state index in [0.717, 1.165) is 34.0 Å². The van der Waals surface area contributed by atoms with Gasteiger partial charge in [-0.2, -0.15) is 0 Å². The van der Waals surface area contributed by atoms with Crippen molar-refractivity contribution in [2.24, 2.45) is 0 Å². The van der Waals surface area contributed by atoms with E-state index < -0.39 is 11.7 Å². The summed E-state index contributed by atoms with van der Waals surface area (Å²) in [6.07, 6.45) is 3.77. The minimum Gasteiger partial charge on any atom is -0.384 e. The molecule has 0 unspecified atom stereocenters. The lowest BCUT2D eigenvalue weighted by Crippen LogP contribution is -2.45. The molecule has 0 aliphatic carbocycles. The van der Waals surface area contributed by atoms with Gasteiger partial charge in [0.1, 0.15) is 18.0 Å². The van der Waals surface area contributed by atoms with E-state index in [4.69, 9.17) is 20.4 Å². The zero-order valence-electron chi connectivity index (χ0n) is 18.6. The molecule has 2 fully saturated rings. The van der Waals surface area contributed by atoms with Gasteiger partial charge >= 0.3 is 0 Å². The summed E-state index contributed by atoms with van der Waals surface area (Å²) >= 11 is 1.52. The van der Waals surface area contributed by atoms with Crippen LogP contribution in [0.3, 0.4) is 0 Å². The molecule has 12 heteroatoms. The number of thiophene rings is 1. The molecule has 0 radical (unpaired) electrons. The van der Waals surface area contributed by atoms with Gasteiger partial charge in [-0.25, -0.2) is 19.9 Å². The summed E-state index contributed by atoms with van der Waals surface area (Å²) in [5.74, 6) is 1.50. The van der Waals surface area contributed by atoms with Crippen molar-refractivity contribution in [1.82, 2.24) is 24.8 Å². The van der Waals surface area contributed by atoms with Gasteiger partial charge in [-0.15, -0.1) is 11.3 Å². The number of rotatable bonds is 6. The van der Waals surface area contributed by atoms with Gasteiger partial charge in [0.25, 0.3) is 0 Å². The van der Waals surface area contributed by atoms with Crippen LogP contribution < -0.4 is 10.6 Å². The van der Waals surface area contributed by atoms with Gasteiger partial charge in [0.05, 0.1) is 29.0 Å². The Balaban J connectivity index is 1.50. The molecule has 0 saturated carbocycles. The van der Waals surface area contributed by atoms with E-state index in [-0.39, 0.29) is 12.5 Å². The van der Waals surface area contributed by atoms with Crippen LogP contribution in [0.15, 0.2) is 18.5 Å². The van der Waals surface area contributed by atoms with Crippen molar-refractivity contribution in [3.8, 4) is 11.4 Å². The maximum atomic E-state index is 11.5. The Morgan fingerprint density at radius 3 is 2.56 bits per heavy atom. The van der Waals surface area contributed by atoms with Crippen LogP contribution in [0.25, 0.3) is 21.6 Å². The lowest BCUT2D eigenvalue weighted by Gasteiger charge is -2.37. The van der Waals surface area contributed by atoms with E-state index in [9.17, 15) is 15.0 Å². The number of aliphatic hydroxyl groups is 2. The Bertz CT molecular complexity index is 1160.